The smallest absolute Gasteiger partial charge is 0.390 e. The summed E-state index contributed by atoms with van der Waals surface area (Å²) in [6.45, 7) is -0.230. The van der Waals surface area contributed by atoms with E-state index in [4.69, 9.17) is 19.4 Å². The number of ether oxygens (including phenoxy) is 1. The minimum absolute atomic E-state index is 0.0191. The normalized spacial score (nSPS) is 24.5. The van der Waals surface area contributed by atoms with Crippen LogP contribution >= 0.6 is 35.2 Å². The Kier molecular flexibility index (Phi) is 10.9. The van der Waals surface area contributed by atoms with Gasteiger partial charge in [-0.3, -0.25) is 14.7 Å². The maximum atomic E-state index is 12.1. The summed E-state index contributed by atoms with van der Waals surface area (Å²) < 4.78 is 52.3. The summed E-state index contributed by atoms with van der Waals surface area (Å²) in [6.07, 6.45) is 2.21. The van der Waals surface area contributed by atoms with Gasteiger partial charge in [-0.2, -0.15) is 20.4 Å². The number of hydrazine groups is 1. The molecule has 34 heavy (non-hydrogen) atoms. The maximum Gasteiger partial charge on any atom is 0.490 e. The molecule has 0 aliphatic carbocycles. The van der Waals surface area contributed by atoms with Gasteiger partial charge < -0.3 is 34.0 Å². The Balaban J connectivity index is 1.86. The monoisotopic (exact) mass is 570 g/mol. The number of carbonyl (C=O) groups is 1. The van der Waals surface area contributed by atoms with Crippen molar-refractivity contribution in [3.63, 3.8) is 0 Å². The second-order valence-corrected chi connectivity index (χ2v) is 12.2. The van der Waals surface area contributed by atoms with Crippen molar-refractivity contribution in [2.24, 2.45) is 0 Å². The number of nitrogens with one attached hydrogen (secondary N) is 2. The summed E-state index contributed by atoms with van der Waals surface area (Å²) >= 11 is 1.68. The second-order valence-electron chi connectivity index (χ2n) is 6.75. The first-order valence-corrected chi connectivity index (χ1v) is 15.3. The Bertz CT molecular complexity index is 974. The number of thioether (sulfide) groups is 1. The second kappa shape index (κ2) is 12.5. The third-order valence-electron chi connectivity index (χ3n) is 4.04. The molecule has 0 spiro atoms. The summed E-state index contributed by atoms with van der Waals surface area (Å²) in [7, 11) is -16.5. The number of hydrogen-bond donors (Lipinski definition) is 7. The molecule has 0 aromatic carbocycles. The van der Waals surface area contributed by atoms with E-state index in [9.17, 15) is 28.5 Å². The molecule has 0 radical (unpaired) electrons. The van der Waals surface area contributed by atoms with Crippen molar-refractivity contribution in [3.05, 3.63) is 18.2 Å². The third kappa shape index (κ3) is 10.1. The lowest BCUT2D eigenvalue weighted by atomic mass is 10.2. The number of nitrogens with zero attached hydrogens (tertiary/aromatic N) is 2. The van der Waals surface area contributed by atoms with Crippen LogP contribution in [0.2, 0.25) is 0 Å². The summed E-state index contributed by atoms with van der Waals surface area (Å²) in [6, 6.07) is 0. The zero-order valence-corrected chi connectivity index (χ0v) is 21.1. The Morgan fingerprint density at radius 2 is 1.97 bits per heavy atom. The van der Waals surface area contributed by atoms with E-state index in [1.165, 1.54) is 17.1 Å². The summed E-state index contributed by atoms with van der Waals surface area (Å²) in [5, 5.41) is 10.1. The fourth-order valence-corrected chi connectivity index (χ4v) is 6.11. The van der Waals surface area contributed by atoms with Gasteiger partial charge in [0, 0.05) is 19.2 Å². The van der Waals surface area contributed by atoms with Crippen LogP contribution in [0.1, 0.15) is 29.6 Å². The third-order valence-corrected chi connectivity index (χ3v) is 8.54. The molecule has 21 heteroatoms. The molecule has 1 aromatic heterocycles. The summed E-state index contributed by atoms with van der Waals surface area (Å²) in [5.41, 5.74) is 5.32. The lowest BCUT2D eigenvalue weighted by molar-refractivity contribution is -0.0434. The molecule has 2 rings (SSSR count). The van der Waals surface area contributed by atoms with Crippen LogP contribution in [0.3, 0.4) is 0 Å². The van der Waals surface area contributed by atoms with E-state index in [2.05, 4.69) is 29.0 Å². The number of aliphatic hydroxyl groups excluding tert-OH is 1. The van der Waals surface area contributed by atoms with Gasteiger partial charge in [-0.15, -0.1) is 0 Å². The number of phosphoric acid groups is 3. The van der Waals surface area contributed by atoms with E-state index in [1.54, 1.807) is 11.8 Å². The predicted octanol–water partition coefficient (Wildman–Crippen LogP) is -0.138. The van der Waals surface area contributed by atoms with Crippen LogP contribution in [0.25, 0.3) is 0 Å². The van der Waals surface area contributed by atoms with E-state index in [-0.39, 0.29) is 12.1 Å². The first-order chi connectivity index (χ1) is 15.7. The Morgan fingerprint density at radius 3 is 2.62 bits per heavy atom. The minimum Gasteiger partial charge on any atom is -0.390 e. The van der Waals surface area contributed by atoms with Gasteiger partial charge in [-0.1, -0.05) is 0 Å². The largest absolute Gasteiger partial charge is 0.490 e. The van der Waals surface area contributed by atoms with Crippen LogP contribution in [0.4, 0.5) is 0 Å². The molecule has 17 nitrogen and oxygen atoms in total. The quantitative estimate of drug-likeness (QED) is 0.0873. The lowest BCUT2D eigenvalue weighted by Crippen LogP contribution is -2.38. The standard InChI is InChI=1S/C13H25N4O13P3S/c1-34-4-2-3-15-16-13(19)9-6-17(8-14-9)12-5-10(18)11(28-12)7-27-32(23,24)30-33(25,26)29-31(20,21)22/h6,8,10-12,15,18H,2-5,7H2,1H3,(H,16,19)(H,23,24)(H,25,26)(H2,20,21,22)/t10-,11+,12+/m0/s1. The number of hydrogen-bond acceptors (Lipinski definition) is 12. The molecule has 1 amide bonds. The van der Waals surface area contributed by atoms with E-state index >= 15 is 0 Å². The number of carbonyl (C=O) groups excluding carboxylic acids is 1. The molecule has 1 aliphatic heterocycles. The first kappa shape index (κ1) is 29.5. The molecule has 0 saturated carbocycles. The van der Waals surface area contributed by atoms with Gasteiger partial charge in [0.1, 0.15) is 18.0 Å². The van der Waals surface area contributed by atoms with E-state index in [0.29, 0.717) is 6.54 Å². The highest BCUT2D eigenvalue weighted by molar-refractivity contribution is 7.98. The number of phosphoric ester groups is 1. The molecule has 1 aliphatic rings. The average Bonchev–Trinajstić information content (AvgIpc) is 3.30. The van der Waals surface area contributed by atoms with Gasteiger partial charge in [0.15, 0.2) is 0 Å². The van der Waals surface area contributed by atoms with Crippen molar-refractivity contribution < 1.29 is 61.1 Å². The van der Waals surface area contributed by atoms with Crippen LogP contribution in [-0.2, 0) is 31.6 Å². The minimum atomic E-state index is -5.65. The van der Waals surface area contributed by atoms with Crippen molar-refractivity contribution in [1.82, 2.24) is 20.4 Å². The van der Waals surface area contributed by atoms with E-state index in [0.717, 1.165) is 12.2 Å². The molecule has 1 fully saturated rings. The van der Waals surface area contributed by atoms with Gasteiger partial charge in [-0.25, -0.2) is 24.1 Å². The molecular formula is C13H25N4O13P3S. The van der Waals surface area contributed by atoms with Gasteiger partial charge in [0.25, 0.3) is 5.91 Å². The Morgan fingerprint density at radius 1 is 1.26 bits per heavy atom. The maximum absolute atomic E-state index is 12.1. The molecule has 0 bridgehead atoms. The highest BCUT2D eigenvalue weighted by Gasteiger charge is 2.42. The molecule has 1 saturated heterocycles. The van der Waals surface area contributed by atoms with Gasteiger partial charge in [0.2, 0.25) is 0 Å². The van der Waals surface area contributed by atoms with Crippen LogP contribution in [0.5, 0.6) is 0 Å². The molecule has 2 heterocycles. The molecule has 2 unspecified atom stereocenters. The lowest BCUT2D eigenvalue weighted by Gasteiger charge is -2.19. The highest BCUT2D eigenvalue weighted by atomic mass is 32.2. The molecule has 196 valence electrons. The number of aromatic nitrogens is 2. The van der Waals surface area contributed by atoms with Crippen LogP contribution in [-0.4, -0.2) is 77.5 Å². The molecular weight excluding hydrogens is 545 g/mol. The zero-order valence-electron chi connectivity index (χ0n) is 17.6. The number of amides is 1. The van der Waals surface area contributed by atoms with Crippen molar-refractivity contribution >= 4 is 41.1 Å². The summed E-state index contributed by atoms with van der Waals surface area (Å²) in [5.74, 6) is 0.438. The van der Waals surface area contributed by atoms with E-state index < -0.39 is 54.4 Å². The fourth-order valence-electron chi connectivity index (χ4n) is 2.64. The highest BCUT2D eigenvalue weighted by Crippen LogP contribution is 2.66. The van der Waals surface area contributed by atoms with Crippen LogP contribution in [0.15, 0.2) is 12.5 Å². The van der Waals surface area contributed by atoms with Crippen molar-refractivity contribution in [3.8, 4) is 0 Å². The van der Waals surface area contributed by atoms with Gasteiger partial charge in [0.05, 0.1) is 19.0 Å². The molecule has 5 atom stereocenters. The van der Waals surface area contributed by atoms with Crippen molar-refractivity contribution in [2.75, 3.05) is 25.2 Å². The van der Waals surface area contributed by atoms with Gasteiger partial charge in [-0.05, 0) is 18.4 Å². The van der Waals surface area contributed by atoms with Crippen molar-refractivity contribution in [2.45, 2.75) is 31.3 Å². The summed E-state index contributed by atoms with van der Waals surface area (Å²) in [4.78, 5) is 51.7. The van der Waals surface area contributed by atoms with Crippen LogP contribution < -0.4 is 10.9 Å². The number of rotatable bonds is 14. The SMILES string of the molecule is CSCCCNNC(=O)c1cn([C@H]2C[C@H](O)[C@@H](COP(=O)(O)OP(=O)(O)OP(=O)(O)O)O2)cn1. The molecule has 1 aromatic rings. The topological polar surface area (TPSA) is 248 Å². The van der Waals surface area contributed by atoms with Gasteiger partial charge >= 0.3 is 23.5 Å². The van der Waals surface area contributed by atoms with E-state index in [1.807, 2.05) is 6.26 Å². The zero-order chi connectivity index (χ0) is 25.6. The predicted molar refractivity (Wildman–Crippen MR) is 115 cm³/mol. The number of aliphatic hydroxyl groups is 1. The van der Waals surface area contributed by atoms with Crippen molar-refractivity contribution in [1.29, 1.82) is 0 Å². The van der Waals surface area contributed by atoms with Crippen LogP contribution in [0, 0.1) is 0 Å². The fraction of sp³-hybridized carbons (Fsp3) is 0.692. The first-order valence-electron chi connectivity index (χ1n) is 9.39. The molecule has 7 N–H and O–H groups in total. The number of imidazole rings is 1. The average molecular weight is 570 g/mol. The Hall–Kier alpha value is -0.680. The Labute approximate surface area is 197 Å².